The van der Waals surface area contributed by atoms with E-state index in [0.717, 1.165) is 32.3 Å². The molecule has 112 valence electrons. The molecule has 2 aliphatic heterocycles. The lowest BCUT2D eigenvalue weighted by molar-refractivity contribution is -0.0782. The van der Waals surface area contributed by atoms with E-state index < -0.39 is 0 Å². The number of nitrogens with zero attached hydrogens (tertiary/aromatic N) is 2. The van der Waals surface area contributed by atoms with Gasteiger partial charge in [0.1, 0.15) is 0 Å². The van der Waals surface area contributed by atoms with Crippen LogP contribution in [0.2, 0.25) is 0 Å². The van der Waals surface area contributed by atoms with E-state index in [1.165, 1.54) is 32.9 Å². The Kier molecular flexibility index (Phi) is 4.67. The van der Waals surface area contributed by atoms with Gasteiger partial charge in [0, 0.05) is 12.4 Å². The van der Waals surface area contributed by atoms with Gasteiger partial charge in [-0.15, -0.1) is 0 Å². The van der Waals surface area contributed by atoms with Crippen LogP contribution in [0.15, 0.2) is 0 Å². The number of aromatic nitrogens is 2. The fourth-order valence-electron chi connectivity index (χ4n) is 3.42. The minimum absolute atomic E-state index is 0.141. The highest BCUT2D eigenvalue weighted by Crippen LogP contribution is 2.42. The molecule has 2 unspecified atom stereocenters. The summed E-state index contributed by atoms with van der Waals surface area (Å²) in [5.41, 5.74) is 2.83. The molecule has 0 aliphatic carbocycles. The van der Waals surface area contributed by atoms with E-state index >= 15 is 0 Å². The summed E-state index contributed by atoms with van der Waals surface area (Å²) in [5, 5.41) is 4.92. The van der Waals surface area contributed by atoms with Crippen LogP contribution in [0.3, 0.4) is 0 Å². The second-order valence-electron chi connectivity index (χ2n) is 5.84. The van der Waals surface area contributed by atoms with Crippen molar-refractivity contribution in [2.75, 3.05) is 18.1 Å². The Morgan fingerprint density at radius 1 is 1.45 bits per heavy atom. The van der Waals surface area contributed by atoms with E-state index in [-0.39, 0.29) is 5.60 Å². The lowest BCUT2D eigenvalue weighted by atomic mass is 9.90. The van der Waals surface area contributed by atoms with E-state index in [9.17, 15) is 0 Å². The fraction of sp³-hybridized carbons (Fsp3) is 0.800. The zero-order valence-electron chi connectivity index (χ0n) is 12.3. The molecular weight excluding hydrogens is 383 g/mol. The van der Waals surface area contributed by atoms with Crippen LogP contribution < -0.4 is 0 Å². The van der Waals surface area contributed by atoms with Crippen LogP contribution in [0.5, 0.6) is 0 Å². The van der Waals surface area contributed by atoms with Crippen LogP contribution in [0, 0.1) is 3.57 Å². The van der Waals surface area contributed by atoms with Crippen LogP contribution in [0.1, 0.15) is 50.5 Å². The molecule has 0 aromatic carbocycles. The first kappa shape index (κ1) is 15.2. The predicted molar refractivity (Wildman–Crippen MR) is 92.6 cm³/mol. The molecule has 3 nitrogen and oxygen atoms in total. The highest BCUT2D eigenvalue weighted by Gasteiger charge is 2.41. The van der Waals surface area contributed by atoms with Gasteiger partial charge in [0.15, 0.2) is 0 Å². The maximum Gasteiger partial charge on any atom is 0.0800 e. The summed E-state index contributed by atoms with van der Waals surface area (Å²) in [5.74, 6) is 2.42. The summed E-state index contributed by atoms with van der Waals surface area (Å²) in [7, 11) is 0. The highest BCUT2D eigenvalue weighted by molar-refractivity contribution is 14.1. The molecule has 0 saturated carbocycles. The molecule has 2 saturated heterocycles. The SMILES string of the molecule is CCc1nn(C2CCOC3(CCSC3)C2)c(CC)c1I. The molecule has 0 amide bonds. The van der Waals surface area contributed by atoms with Gasteiger partial charge in [-0.25, -0.2) is 0 Å². The van der Waals surface area contributed by atoms with Crippen molar-refractivity contribution in [3.05, 3.63) is 15.0 Å². The summed E-state index contributed by atoms with van der Waals surface area (Å²) in [6.45, 7) is 5.34. The molecule has 1 spiro atoms. The number of hydrogen-bond acceptors (Lipinski definition) is 3. The van der Waals surface area contributed by atoms with Crippen molar-refractivity contribution in [2.24, 2.45) is 0 Å². The second-order valence-corrected chi connectivity index (χ2v) is 8.02. The molecule has 5 heteroatoms. The first-order chi connectivity index (χ1) is 9.69. The third-order valence-corrected chi connectivity index (χ3v) is 7.03. The number of ether oxygens (including phenoxy) is 1. The van der Waals surface area contributed by atoms with E-state index in [4.69, 9.17) is 9.84 Å². The van der Waals surface area contributed by atoms with Gasteiger partial charge in [0.25, 0.3) is 0 Å². The molecule has 3 heterocycles. The summed E-state index contributed by atoms with van der Waals surface area (Å²) in [6, 6.07) is 0.534. The number of thioether (sulfide) groups is 1. The zero-order chi connectivity index (χ0) is 14.2. The Hall–Kier alpha value is 0.250. The Morgan fingerprint density at radius 2 is 2.30 bits per heavy atom. The van der Waals surface area contributed by atoms with Gasteiger partial charge in [0.05, 0.1) is 26.6 Å². The van der Waals surface area contributed by atoms with Crippen molar-refractivity contribution in [2.45, 2.75) is 57.6 Å². The van der Waals surface area contributed by atoms with Crippen LogP contribution in [0.4, 0.5) is 0 Å². The number of rotatable bonds is 3. The van der Waals surface area contributed by atoms with Gasteiger partial charge in [-0.2, -0.15) is 16.9 Å². The third-order valence-electron chi connectivity index (χ3n) is 4.56. The van der Waals surface area contributed by atoms with Crippen molar-refractivity contribution < 1.29 is 4.74 Å². The van der Waals surface area contributed by atoms with Crippen LogP contribution in [-0.2, 0) is 17.6 Å². The molecular formula is C15H23IN2OS. The molecule has 1 aromatic heterocycles. The molecule has 0 bridgehead atoms. The standard InChI is InChI=1S/C15H23IN2OS/c1-3-12-14(16)13(4-2)18(17-12)11-5-7-19-15(9-11)6-8-20-10-15/h11H,3-10H2,1-2H3. The average molecular weight is 406 g/mol. The number of hydrogen-bond donors (Lipinski definition) is 0. The lowest BCUT2D eigenvalue weighted by Gasteiger charge is -2.38. The fourth-order valence-corrected chi connectivity index (χ4v) is 5.92. The third kappa shape index (κ3) is 2.65. The smallest absolute Gasteiger partial charge is 0.0800 e. The van der Waals surface area contributed by atoms with E-state index in [1.807, 2.05) is 11.8 Å². The monoisotopic (exact) mass is 406 g/mol. The average Bonchev–Trinajstić information content (AvgIpc) is 3.03. The molecule has 2 fully saturated rings. The Balaban J connectivity index is 1.88. The molecule has 2 atom stereocenters. The van der Waals surface area contributed by atoms with Gasteiger partial charge in [-0.1, -0.05) is 13.8 Å². The maximum atomic E-state index is 6.15. The minimum atomic E-state index is 0.141. The predicted octanol–water partition coefficient (Wildman–Crippen LogP) is 3.84. The first-order valence-corrected chi connectivity index (χ1v) is 9.90. The molecule has 1 aromatic rings. The normalized spacial score (nSPS) is 30.2. The first-order valence-electron chi connectivity index (χ1n) is 7.66. The van der Waals surface area contributed by atoms with Gasteiger partial charge in [-0.3, -0.25) is 4.68 Å². The molecule has 0 radical (unpaired) electrons. The Labute approximate surface area is 139 Å². The summed E-state index contributed by atoms with van der Waals surface area (Å²) < 4.78 is 9.88. The van der Waals surface area contributed by atoms with Crippen molar-refractivity contribution in [3.63, 3.8) is 0 Å². The second kappa shape index (κ2) is 6.16. The van der Waals surface area contributed by atoms with Gasteiger partial charge in [0.2, 0.25) is 0 Å². The topological polar surface area (TPSA) is 27.1 Å². The van der Waals surface area contributed by atoms with Gasteiger partial charge < -0.3 is 4.74 Å². The summed E-state index contributed by atoms with van der Waals surface area (Å²) in [4.78, 5) is 0. The van der Waals surface area contributed by atoms with E-state index in [0.29, 0.717) is 6.04 Å². The lowest BCUT2D eigenvalue weighted by Crippen LogP contribution is -2.41. The Morgan fingerprint density at radius 3 is 2.95 bits per heavy atom. The molecule has 3 rings (SSSR count). The summed E-state index contributed by atoms with van der Waals surface area (Å²) in [6.07, 6.45) is 5.58. The van der Waals surface area contributed by atoms with Crippen molar-refractivity contribution in [3.8, 4) is 0 Å². The van der Waals surface area contributed by atoms with Crippen LogP contribution in [0.25, 0.3) is 0 Å². The molecule has 2 aliphatic rings. The van der Waals surface area contributed by atoms with Crippen molar-refractivity contribution >= 4 is 34.4 Å². The summed E-state index contributed by atoms with van der Waals surface area (Å²) >= 11 is 4.52. The van der Waals surface area contributed by atoms with E-state index in [1.54, 1.807) is 0 Å². The number of halogens is 1. The quantitative estimate of drug-likeness (QED) is 0.714. The minimum Gasteiger partial charge on any atom is -0.374 e. The molecule has 20 heavy (non-hydrogen) atoms. The largest absolute Gasteiger partial charge is 0.374 e. The van der Waals surface area contributed by atoms with Crippen LogP contribution >= 0.6 is 34.4 Å². The van der Waals surface area contributed by atoms with Crippen LogP contribution in [-0.4, -0.2) is 33.5 Å². The van der Waals surface area contributed by atoms with E-state index in [2.05, 4.69) is 41.1 Å². The van der Waals surface area contributed by atoms with Crippen molar-refractivity contribution in [1.82, 2.24) is 9.78 Å². The van der Waals surface area contributed by atoms with Gasteiger partial charge in [-0.05, 0) is 60.4 Å². The number of aryl methyl sites for hydroxylation is 1. The Bertz CT molecular complexity index is 482. The van der Waals surface area contributed by atoms with Gasteiger partial charge >= 0.3 is 0 Å². The van der Waals surface area contributed by atoms with Crippen molar-refractivity contribution in [1.29, 1.82) is 0 Å². The highest BCUT2D eigenvalue weighted by atomic mass is 127. The zero-order valence-corrected chi connectivity index (χ0v) is 15.3. The molecule has 0 N–H and O–H groups in total. The maximum absolute atomic E-state index is 6.15.